The van der Waals surface area contributed by atoms with Crippen molar-refractivity contribution in [2.75, 3.05) is 13.2 Å². The van der Waals surface area contributed by atoms with E-state index in [0.717, 1.165) is 16.9 Å². The zero-order valence-electron chi connectivity index (χ0n) is 15.3. The summed E-state index contributed by atoms with van der Waals surface area (Å²) in [5.74, 6) is 1.03. The molecule has 2 heterocycles. The molecule has 0 spiro atoms. The predicted octanol–water partition coefficient (Wildman–Crippen LogP) is 4.01. The number of carbonyl (C=O) groups is 1. The molecule has 0 bridgehead atoms. The first-order valence-electron chi connectivity index (χ1n) is 9.02. The Hall–Kier alpha value is -2.51. The Balaban J connectivity index is 1.29. The van der Waals surface area contributed by atoms with Crippen molar-refractivity contribution in [3.63, 3.8) is 0 Å². The first-order valence-corrected chi connectivity index (χ1v) is 9.90. The Bertz CT molecular complexity index is 818. The van der Waals surface area contributed by atoms with Crippen LogP contribution in [0.4, 0.5) is 0 Å². The molecule has 0 saturated carbocycles. The van der Waals surface area contributed by atoms with Crippen LogP contribution in [0, 0.1) is 0 Å². The van der Waals surface area contributed by atoms with Gasteiger partial charge in [0.15, 0.2) is 0 Å². The van der Waals surface area contributed by atoms with Crippen LogP contribution in [0.25, 0.3) is 10.7 Å². The monoisotopic (exact) mass is 385 g/mol. The normalized spacial score (nSPS) is 12.0. The summed E-state index contributed by atoms with van der Waals surface area (Å²) in [5.41, 5.74) is 1.16. The molecule has 0 fully saturated rings. The summed E-state index contributed by atoms with van der Waals surface area (Å²) < 4.78 is 11.0. The van der Waals surface area contributed by atoms with Gasteiger partial charge in [0, 0.05) is 26.0 Å². The van der Waals surface area contributed by atoms with Crippen molar-refractivity contribution in [3.8, 4) is 10.7 Å². The van der Waals surface area contributed by atoms with Gasteiger partial charge < -0.3 is 14.6 Å². The Morgan fingerprint density at radius 1 is 1.26 bits per heavy atom. The van der Waals surface area contributed by atoms with Crippen LogP contribution in [0.1, 0.15) is 37.3 Å². The molecule has 3 aromatic rings. The van der Waals surface area contributed by atoms with Crippen LogP contribution in [0.15, 0.2) is 52.4 Å². The van der Waals surface area contributed by atoms with Gasteiger partial charge in [-0.1, -0.05) is 41.6 Å². The molecule has 1 N–H and O–H groups in total. The van der Waals surface area contributed by atoms with Crippen LogP contribution in [0.5, 0.6) is 0 Å². The summed E-state index contributed by atoms with van der Waals surface area (Å²) in [5, 5.41) is 8.80. The average molecular weight is 385 g/mol. The van der Waals surface area contributed by atoms with Gasteiger partial charge in [-0.05, 0) is 30.4 Å². The fraction of sp³-hybridized carbons (Fsp3) is 0.350. The summed E-state index contributed by atoms with van der Waals surface area (Å²) >= 11 is 1.55. The second-order valence-electron chi connectivity index (χ2n) is 6.12. The lowest BCUT2D eigenvalue weighted by Crippen LogP contribution is -2.25. The van der Waals surface area contributed by atoms with E-state index in [1.807, 2.05) is 54.8 Å². The number of aryl methyl sites for hydroxylation is 1. The van der Waals surface area contributed by atoms with Gasteiger partial charge in [0.1, 0.15) is 0 Å². The van der Waals surface area contributed by atoms with Crippen LogP contribution >= 0.6 is 11.3 Å². The number of amides is 1. The van der Waals surface area contributed by atoms with Gasteiger partial charge in [0.25, 0.3) is 0 Å². The number of aromatic nitrogens is 2. The van der Waals surface area contributed by atoms with Gasteiger partial charge in [-0.2, -0.15) is 4.98 Å². The summed E-state index contributed by atoms with van der Waals surface area (Å²) in [7, 11) is 0. The molecule has 1 atom stereocenters. The molecule has 6 nitrogen and oxygen atoms in total. The smallest absolute Gasteiger partial charge is 0.227 e. The first-order chi connectivity index (χ1) is 13.2. The van der Waals surface area contributed by atoms with E-state index in [9.17, 15) is 4.79 Å². The number of thiophene rings is 1. The minimum absolute atomic E-state index is 0.0259. The minimum Gasteiger partial charge on any atom is -0.374 e. The fourth-order valence-corrected chi connectivity index (χ4v) is 3.20. The van der Waals surface area contributed by atoms with Gasteiger partial charge in [-0.15, -0.1) is 11.3 Å². The minimum atomic E-state index is -0.0259. The second-order valence-corrected chi connectivity index (χ2v) is 7.06. The SMILES string of the molecule is CC(OCCCNC(=O)CCc1nc(-c2cccs2)no1)c1ccccc1. The number of benzene rings is 1. The third-order valence-electron chi connectivity index (χ3n) is 4.06. The molecule has 2 aromatic heterocycles. The largest absolute Gasteiger partial charge is 0.374 e. The van der Waals surface area contributed by atoms with Crippen LogP contribution in [0.2, 0.25) is 0 Å². The van der Waals surface area contributed by atoms with Gasteiger partial charge >= 0.3 is 0 Å². The van der Waals surface area contributed by atoms with E-state index >= 15 is 0 Å². The van der Waals surface area contributed by atoms with Crippen molar-refractivity contribution in [1.29, 1.82) is 0 Å². The van der Waals surface area contributed by atoms with E-state index in [0.29, 0.717) is 37.7 Å². The van der Waals surface area contributed by atoms with E-state index < -0.39 is 0 Å². The maximum absolute atomic E-state index is 11.9. The third-order valence-corrected chi connectivity index (χ3v) is 4.92. The van der Waals surface area contributed by atoms with E-state index in [-0.39, 0.29) is 12.0 Å². The van der Waals surface area contributed by atoms with Gasteiger partial charge in [-0.3, -0.25) is 4.79 Å². The number of carbonyl (C=O) groups excluding carboxylic acids is 1. The maximum Gasteiger partial charge on any atom is 0.227 e. The lowest BCUT2D eigenvalue weighted by atomic mass is 10.1. The highest BCUT2D eigenvalue weighted by molar-refractivity contribution is 7.13. The predicted molar refractivity (Wildman–Crippen MR) is 104 cm³/mol. The Labute approximate surface area is 162 Å². The number of hydrogen-bond donors (Lipinski definition) is 1. The molecule has 27 heavy (non-hydrogen) atoms. The highest BCUT2D eigenvalue weighted by Gasteiger charge is 2.11. The molecule has 0 saturated heterocycles. The van der Waals surface area contributed by atoms with Crippen LogP contribution in [0.3, 0.4) is 0 Å². The highest BCUT2D eigenvalue weighted by atomic mass is 32.1. The van der Waals surface area contributed by atoms with Crippen LogP contribution in [-0.2, 0) is 16.0 Å². The van der Waals surface area contributed by atoms with Gasteiger partial charge in [-0.25, -0.2) is 0 Å². The molecule has 0 aliphatic carbocycles. The van der Waals surface area contributed by atoms with E-state index in [1.54, 1.807) is 11.3 Å². The van der Waals surface area contributed by atoms with Crippen LogP contribution < -0.4 is 5.32 Å². The molecule has 142 valence electrons. The molecule has 0 radical (unpaired) electrons. The number of nitrogens with zero attached hydrogens (tertiary/aromatic N) is 2. The number of hydrogen-bond acceptors (Lipinski definition) is 6. The number of ether oxygens (including phenoxy) is 1. The second kappa shape index (κ2) is 9.99. The molecular weight excluding hydrogens is 362 g/mol. The first kappa shape index (κ1) is 19.3. The zero-order chi connectivity index (χ0) is 18.9. The highest BCUT2D eigenvalue weighted by Crippen LogP contribution is 2.21. The summed E-state index contributed by atoms with van der Waals surface area (Å²) in [6, 6.07) is 14.0. The molecule has 1 aromatic carbocycles. The molecule has 0 aliphatic rings. The molecular formula is C20H23N3O3S. The van der Waals surface area contributed by atoms with E-state index in [2.05, 4.69) is 15.5 Å². The van der Waals surface area contributed by atoms with E-state index in [1.165, 1.54) is 0 Å². The lowest BCUT2D eigenvalue weighted by molar-refractivity contribution is -0.121. The van der Waals surface area contributed by atoms with Gasteiger partial charge in [0.2, 0.25) is 17.6 Å². The van der Waals surface area contributed by atoms with Crippen molar-refractivity contribution in [3.05, 3.63) is 59.3 Å². The van der Waals surface area contributed by atoms with Gasteiger partial charge in [0.05, 0.1) is 11.0 Å². The Morgan fingerprint density at radius 3 is 2.89 bits per heavy atom. The van der Waals surface area contributed by atoms with E-state index in [4.69, 9.17) is 9.26 Å². The summed E-state index contributed by atoms with van der Waals surface area (Å²) in [6.45, 7) is 3.22. The fourth-order valence-electron chi connectivity index (χ4n) is 2.55. The van der Waals surface area contributed by atoms with Crippen molar-refractivity contribution in [2.45, 2.75) is 32.3 Å². The van der Waals surface area contributed by atoms with Crippen molar-refractivity contribution in [2.24, 2.45) is 0 Å². The average Bonchev–Trinajstić information content (AvgIpc) is 3.38. The molecule has 7 heteroatoms. The summed E-state index contributed by atoms with van der Waals surface area (Å²) in [4.78, 5) is 17.2. The zero-order valence-corrected chi connectivity index (χ0v) is 16.1. The number of nitrogens with one attached hydrogen (secondary N) is 1. The quantitative estimate of drug-likeness (QED) is 0.534. The lowest BCUT2D eigenvalue weighted by Gasteiger charge is -2.13. The number of rotatable bonds is 10. The standard InChI is InChI=1S/C20H23N3O3S/c1-15(16-7-3-2-4-8-16)25-13-6-12-21-18(24)10-11-19-22-20(23-26-19)17-9-5-14-27-17/h2-5,7-9,14-15H,6,10-13H2,1H3,(H,21,24). The Kier molecular flexibility index (Phi) is 7.12. The molecule has 1 unspecified atom stereocenters. The third kappa shape index (κ3) is 6.01. The maximum atomic E-state index is 11.9. The van der Waals surface area contributed by atoms with Crippen molar-refractivity contribution in [1.82, 2.24) is 15.5 Å². The van der Waals surface area contributed by atoms with Crippen molar-refractivity contribution < 1.29 is 14.1 Å². The summed E-state index contributed by atoms with van der Waals surface area (Å²) in [6.07, 6.45) is 1.59. The molecule has 3 rings (SSSR count). The molecule has 1 amide bonds. The Morgan fingerprint density at radius 2 is 2.11 bits per heavy atom. The van der Waals surface area contributed by atoms with Crippen molar-refractivity contribution >= 4 is 17.2 Å². The topological polar surface area (TPSA) is 77.2 Å². The van der Waals surface area contributed by atoms with Crippen LogP contribution in [-0.4, -0.2) is 29.2 Å². The molecule has 0 aliphatic heterocycles.